The molecular formula is C41H67FN8O9S. The van der Waals surface area contributed by atoms with Gasteiger partial charge < -0.3 is 39.0 Å². The summed E-state index contributed by atoms with van der Waals surface area (Å²) in [5, 5.41) is 31.5. The predicted molar refractivity (Wildman–Crippen MR) is 223 cm³/mol. The Bertz CT molecular complexity index is 1680. The summed E-state index contributed by atoms with van der Waals surface area (Å²) in [6.07, 6.45) is 3.01. The van der Waals surface area contributed by atoms with E-state index in [2.05, 4.69) is 32.7 Å². The molecule has 3 saturated heterocycles. The van der Waals surface area contributed by atoms with Gasteiger partial charge in [0.05, 0.1) is 30.0 Å². The number of fused-ring (bicyclic) bond motifs is 1. The summed E-state index contributed by atoms with van der Waals surface area (Å²) in [5.41, 5.74) is -0.978. The van der Waals surface area contributed by atoms with Crippen molar-refractivity contribution in [2.75, 3.05) is 40.6 Å². The van der Waals surface area contributed by atoms with Gasteiger partial charge in [-0.05, 0) is 105 Å². The number of likely N-dealkylation sites (N-methyl/N-ethyl adjacent to an activating group) is 1. The summed E-state index contributed by atoms with van der Waals surface area (Å²) in [7, 11) is 5.38. The van der Waals surface area contributed by atoms with Crippen molar-refractivity contribution in [2.24, 2.45) is 11.8 Å². The third kappa shape index (κ3) is 12.0. The zero-order valence-corrected chi connectivity index (χ0v) is 37.9. The number of nitrogens with zero attached hydrogens (tertiary/aromatic N) is 7. The molecular weight excluding hydrogens is 800 g/mol. The summed E-state index contributed by atoms with van der Waals surface area (Å²) in [6.45, 7) is 14.6. The first-order valence-electron chi connectivity index (χ1n) is 20.9. The number of aliphatic hydroxyl groups excluding tert-OH is 1. The molecule has 0 aliphatic carbocycles. The number of cyclic esters (lactones) is 1. The molecule has 3 aliphatic heterocycles. The fourth-order valence-corrected chi connectivity index (χ4v) is 8.67. The third-order valence-electron chi connectivity index (χ3n) is 12.1. The van der Waals surface area contributed by atoms with Crippen LogP contribution in [0.2, 0.25) is 0 Å². The Morgan fingerprint density at radius 1 is 1.10 bits per heavy atom. The van der Waals surface area contributed by atoms with E-state index in [-0.39, 0.29) is 42.7 Å². The number of Topliss-reactive ketones (excluding diaryl/α,β-unsaturated/α-hetero) is 1. The van der Waals surface area contributed by atoms with E-state index in [4.69, 9.17) is 23.7 Å². The molecule has 17 nitrogen and oxygen atoms in total. The molecule has 0 bridgehead atoms. The van der Waals surface area contributed by atoms with Gasteiger partial charge in [0.25, 0.3) is 0 Å². The molecule has 0 saturated carbocycles. The number of amides is 1. The van der Waals surface area contributed by atoms with E-state index in [1.807, 2.05) is 65.9 Å². The molecule has 5 rings (SSSR count). The Kier molecular flexibility index (Phi) is 18.2. The lowest BCUT2D eigenvalue weighted by atomic mass is 9.83. The van der Waals surface area contributed by atoms with Crippen molar-refractivity contribution in [3.63, 3.8) is 0 Å². The second kappa shape index (κ2) is 22.2. The van der Waals surface area contributed by atoms with Crippen LogP contribution in [0.5, 0.6) is 0 Å². The van der Waals surface area contributed by atoms with E-state index in [0.29, 0.717) is 63.1 Å². The molecule has 2 N–H and O–H groups in total. The molecule has 3 unspecified atom stereocenters. The summed E-state index contributed by atoms with van der Waals surface area (Å²) >= 11 is 0.250. The zero-order chi connectivity index (χ0) is 44.4. The summed E-state index contributed by atoms with van der Waals surface area (Å²) < 4.78 is 43.1. The number of hydrogen-bond donors (Lipinski definition) is 2. The maximum atomic E-state index is 14.0. The van der Waals surface area contributed by atoms with Gasteiger partial charge in [0, 0.05) is 63.3 Å². The number of carbonyl (C=O) groups excluding carboxylic acids is 3. The standard InChI is InChI=1S/C40H64N8O9.CH3FS/c1-11-32-40(7)35(48(38(52)57-40)18-13-12-17-47-23-29(44-45-47)28-15-14-16-42-43-28)27(5)41-22-24(2)21-39(6,53-10)33(20-31(49)26(4)36(51)55-32)56-37-34(50)30(46(8)9)19-25(3)54-37;1-3-2/h14-16,23-27,30,32-35,37,41,50H,11-13,17-22H2,1-10H3;1H3/t24-,25?,26-,27-,30?,32-,33-,34?,35-,37+,39-,40-;/m1./s1. The molecule has 2 aromatic rings. The maximum absolute atomic E-state index is 14.0. The van der Waals surface area contributed by atoms with Crippen molar-refractivity contribution < 1.29 is 47.1 Å². The van der Waals surface area contributed by atoms with Gasteiger partial charge in [-0.1, -0.05) is 19.1 Å². The van der Waals surface area contributed by atoms with Crippen LogP contribution in [0, 0.1) is 11.8 Å². The van der Waals surface area contributed by atoms with Gasteiger partial charge in [0.15, 0.2) is 11.9 Å². The monoisotopic (exact) mass is 866 g/mol. The Morgan fingerprint density at radius 3 is 2.43 bits per heavy atom. The van der Waals surface area contributed by atoms with Crippen molar-refractivity contribution in [1.82, 2.24) is 40.3 Å². The topological polar surface area (TPSA) is 193 Å². The number of methoxy groups -OCH3 is 1. The molecule has 1 amide bonds. The fourth-order valence-electron chi connectivity index (χ4n) is 8.67. The summed E-state index contributed by atoms with van der Waals surface area (Å²) in [5.74, 6) is -2.27. The quantitative estimate of drug-likeness (QED) is 0.182. The minimum atomic E-state index is -1.22. The second-order valence-electron chi connectivity index (χ2n) is 17.0. The number of nitrogens with one attached hydrogen (secondary N) is 1. The van der Waals surface area contributed by atoms with Gasteiger partial charge in [0.2, 0.25) is 0 Å². The minimum absolute atomic E-state index is 0.00109. The minimum Gasteiger partial charge on any atom is -0.458 e. The van der Waals surface area contributed by atoms with Crippen LogP contribution >= 0.6 is 12.1 Å². The lowest BCUT2D eigenvalue weighted by Crippen LogP contribution is -2.61. The second-order valence-corrected chi connectivity index (χ2v) is 17.3. The van der Waals surface area contributed by atoms with Crippen LogP contribution in [0.15, 0.2) is 24.5 Å². The fraction of sp³-hybridized carbons (Fsp3) is 0.780. The number of unbranched alkanes of at least 4 members (excludes halogenated alkanes) is 1. The highest BCUT2D eigenvalue weighted by Gasteiger charge is 2.58. The van der Waals surface area contributed by atoms with Crippen molar-refractivity contribution in [3.8, 4) is 11.4 Å². The van der Waals surface area contributed by atoms with Crippen LogP contribution in [0.1, 0.15) is 87.0 Å². The molecule has 2 aromatic heterocycles. The molecule has 19 heteroatoms. The van der Waals surface area contributed by atoms with E-state index in [0.717, 1.165) is 0 Å². The number of ketones is 1. The molecule has 5 heterocycles. The first-order valence-corrected chi connectivity index (χ1v) is 22.0. The van der Waals surface area contributed by atoms with E-state index in [9.17, 15) is 23.4 Å². The lowest BCUT2D eigenvalue weighted by Gasteiger charge is -2.45. The van der Waals surface area contributed by atoms with E-state index < -0.39 is 65.6 Å². The molecule has 0 spiro atoms. The number of esters is 1. The van der Waals surface area contributed by atoms with Crippen LogP contribution in [-0.2, 0) is 39.8 Å². The number of aliphatic hydroxyl groups is 1. The number of hydrogen-bond acceptors (Lipinski definition) is 16. The average Bonchev–Trinajstić information content (AvgIpc) is 3.79. The van der Waals surface area contributed by atoms with Gasteiger partial charge in [0.1, 0.15) is 35.3 Å². The number of halogens is 1. The van der Waals surface area contributed by atoms with Gasteiger partial charge in [-0.2, -0.15) is 8.98 Å². The average molecular weight is 867 g/mol. The number of carbonyl (C=O) groups is 3. The highest BCUT2D eigenvalue weighted by atomic mass is 32.2. The SMILES string of the molecule is CC[C@H]1OC(=O)[C@H](C)C(=O)C[C@@H](O[C@@H]2OC(C)CC(N(C)C)C2O)[C@](C)(OC)C[C@@H](C)CN[C@H](C)[C@H]2N(CCCCn3cc(-c4cccnn4)nn3)C(=O)O[C@]12C.CSF. The van der Waals surface area contributed by atoms with Crippen molar-refractivity contribution in [3.05, 3.63) is 24.5 Å². The molecule has 0 aromatic carbocycles. The first-order chi connectivity index (χ1) is 28.4. The Morgan fingerprint density at radius 2 is 1.80 bits per heavy atom. The molecule has 338 valence electrons. The number of aromatic nitrogens is 5. The molecule has 60 heavy (non-hydrogen) atoms. The zero-order valence-electron chi connectivity index (χ0n) is 37.1. The maximum Gasteiger partial charge on any atom is 0.410 e. The largest absolute Gasteiger partial charge is 0.458 e. The van der Waals surface area contributed by atoms with Gasteiger partial charge in [-0.15, -0.1) is 10.2 Å². The molecule has 0 radical (unpaired) electrons. The smallest absolute Gasteiger partial charge is 0.410 e. The van der Waals surface area contributed by atoms with Crippen molar-refractivity contribution in [1.29, 1.82) is 0 Å². The van der Waals surface area contributed by atoms with Crippen LogP contribution in [0.3, 0.4) is 0 Å². The van der Waals surface area contributed by atoms with Crippen molar-refractivity contribution in [2.45, 2.75) is 154 Å². The highest BCUT2D eigenvalue weighted by molar-refractivity contribution is 7.93. The van der Waals surface area contributed by atoms with Crippen LogP contribution in [0.25, 0.3) is 11.4 Å². The third-order valence-corrected chi connectivity index (χ3v) is 12.1. The van der Waals surface area contributed by atoms with E-state index in [1.54, 1.807) is 29.0 Å². The van der Waals surface area contributed by atoms with Gasteiger partial charge in [-0.3, -0.25) is 19.2 Å². The predicted octanol–water partition coefficient (Wildman–Crippen LogP) is 4.48. The summed E-state index contributed by atoms with van der Waals surface area (Å²) in [4.78, 5) is 45.3. The van der Waals surface area contributed by atoms with Crippen molar-refractivity contribution >= 4 is 30.0 Å². The Hall–Kier alpha value is -3.33. The first kappa shape index (κ1) is 49.3. The molecule has 3 aliphatic rings. The number of ether oxygens (including phenoxy) is 5. The highest BCUT2D eigenvalue weighted by Crippen LogP contribution is 2.39. The molecule has 12 atom stereocenters. The van der Waals surface area contributed by atoms with Crippen LogP contribution < -0.4 is 5.32 Å². The van der Waals surface area contributed by atoms with Gasteiger partial charge >= 0.3 is 12.1 Å². The van der Waals surface area contributed by atoms with Crippen LogP contribution in [-0.4, -0.2) is 159 Å². The van der Waals surface area contributed by atoms with E-state index >= 15 is 0 Å². The Labute approximate surface area is 358 Å². The summed E-state index contributed by atoms with van der Waals surface area (Å²) in [6, 6.07) is 2.59. The van der Waals surface area contributed by atoms with Gasteiger partial charge in [-0.25, -0.2) is 4.79 Å². The normalized spacial score (nSPS) is 34.5. The molecule has 3 fully saturated rings. The van der Waals surface area contributed by atoms with Crippen LogP contribution in [0.4, 0.5) is 8.68 Å². The van der Waals surface area contributed by atoms with E-state index in [1.165, 1.54) is 13.2 Å². The number of aryl methyl sites for hydroxylation is 1. The Balaban J connectivity index is 0.00000257. The number of rotatable bonds is 11. The lowest BCUT2D eigenvalue weighted by molar-refractivity contribution is -0.289.